The molecule has 0 spiro atoms. The summed E-state index contributed by atoms with van der Waals surface area (Å²) < 4.78 is 0. The Hall–Kier alpha value is -1.77. The van der Waals surface area contributed by atoms with Crippen molar-refractivity contribution in [3.8, 4) is 0 Å². The van der Waals surface area contributed by atoms with E-state index in [4.69, 9.17) is 10.8 Å². The van der Waals surface area contributed by atoms with Crippen LogP contribution in [0.2, 0.25) is 0 Å². The minimum atomic E-state index is -1.03. The Balaban J connectivity index is 2.93. The maximum atomic E-state index is 10.2. The Morgan fingerprint density at radius 3 is 2.42 bits per heavy atom. The van der Waals surface area contributed by atoms with Crippen LogP contribution in [0.15, 0.2) is 36.4 Å². The van der Waals surface area contributed by atoms with E-state index in [-0.39, 0.29) is 5.70 Å². The molecule has 12 heavy (non-hydrogen) atoms. The first-order chi connectivity index (χ1) is 5.70. The molecular weight excluding hydrogens is 154 g/mol. The van der Waals surface area contributed by atoms with Crippen molar-refractivity contribution in [3.05, 3.63) is 42.0 Å². The summed E-state index contributed by atoms with van der Waals surface area (Å²) in [4.78, 5) is 10.2. The molecule has 3 nitrogen and oxygen atoms in total. The quantitative estimate of drug-likeness (QED) is 0.641. The van der Waals surface area contributed by atoms with Gasteiger partial charge in [0.25, 0.3) is 0 Å². The standard InChI is InChI=1S/C9H9NO2/c10-8(6-9(11)12)7-4-2-1-3-5-7/h1-6H,10H2,(H,11,12). The van der Waals surface area contributed by atoms with E-state index in [2.05, 4.69) is 0 Å². The number of hydrogen-bond donors (Lipinski definition) is 2. The summed E-state index contributed by atoms with van der Waals surface area (Å²) in [6.45, 7) is 0. The molecule has 0 bridgehead atoms. The molecule has 1 rings (SSSR count). The van der Waals surface area contributed by atoms with Crippen molar-refractivity contribution in [2.24, 2.45) is 5.73 Å². The molecule has 3 N–H and O–H groups in total. The van der Waals surface area contributed by atoms with Gasteiger partial charge in [-0.3, -0.25) is 0 Å². The van der Waals surface area contributed by atoms with Crippen LogP contribution < -0.4 is 5.73 Å². The molecule has 0 aliphatic rings. The molecule has 0 unspecified atom stereocenters. The minimum absolute atomic E-state index is 0.267. The van der Waals surface area contributed by atoms with Crippen LogP contribution in [0.3, 0.4) is 0 Å². The smallest absolute Gasteiger partial charge is 0.330 e. The number of rotatable bonds is 2. The molecule has 3 heteroatoms. The third-order valence-corrected chi connectivity index (χ3v) is 1.39. The average molecular weight is 163 g/mol. The highest BCUT2D eigenvalue weighted by Gasteiger charge is 1.96. The van der Waals surface area contributed by atoms with Crippen LogP contribution >= 0.6 is 0 Å². The van der Waals surface area contributed by atoms with Crippen LogP contribution in [0, 0.1) is 0 Å². The molecule has 0 aliphatic carbocycles. The van der Waals surface area contributed by atoms with Crippen molar-refractivity contribution in [2.45, 2.75) is 0 Å². The lowest BCUT2D eigenvalue weighted by Gasteiger charge is -1.97. The number of aliphatic carboxylic acids is 1. The highest BCUT2D eigenvalue weighted by atomic mass is 16.4. The SMILES string of the molecule is NC(=CC(=O)O)c1ccccc1. The zero-order valence-corrected chi connectivity index (χ0v) is 6.40. The van der Waals surface area contributed by atoms with Crippen LogP contribution in [0.25, 0.3) is 5.70 Å². The lowest BCUT2D eigenvalue weighted by atomic mass is 10.1. The maximum Gasteiger partial charge on any atom is 0.330 e. The summed E-state index contributed by atoms with van der Waals surface area (Å²) in [6.07, 6.45) is 0.981. The Labute approximate surface area is 70.1 Å². The Morgan fingerprint density at radius 2 is 1.92 bits per heavy atom. The van der Waals surface area contributed by atoms with E-state index in [0.29, 0.717) is 0 Å². The van der Waals surface area contributed by atoms with Crippen LogP contribution in [0.4, 0.5) is 0 Å². The zero-order valence-electron chi connectivity index (χ0n) is 6.40. The second kappa shape index (κ2) is 3.57. The summed E-state index contributed by atoms with van der Waals surface area (Å²) in [5.41, 5.74) is 6.47. The number of benzene rings is 1. The Bertz CT molecular complexity index is 304. The van der Waals surface area contributed by atoms with Gasteiger partial charge in [0.2, 0.25) is 0 Å². The summed E-state index contributed by atoms with van der Waals surface area (Å²) in [5.74, 6) is -1.03. The lowest BCUT2D eigenvalue weighted by molar-refractivity contribution is -0.131. The van der Waals surface area contributed by atoms with Gasteiger partial charge in [0.05, 0.1) is 0 Å². The third-order valence-electron chi connectivity index (χ3n) is 1.39. The van der Waals surface area contributed by atoms with Crippen LogP contribution in [-0.2, 0) is 4.79 Å². The topological polar surface area (TPSA) is 63.3 Å². The summed E-state index contributed by atoms with van der Waals surface area (Å²) >= 11 is 0. The van der Waals surface area contributed by atoms with Crippen molar-refractivity contribution in [1.29, 1.82) is 0 Å². The normalized spacial score (nSPS) is 11.2. The fourth-order valence-electron chi connectivity index (χ4n) is 0.847. The highest BCUT2D eigenvalue weighted by Crippen LogP contribution is 2.06. The van der Waals surface area contributed by atoms with Gasteiger partial charge in [-0.2, -0.15) is 0 Å². The van der Waals surface area contributed by atoms with E-state index in [1.54, 1.807) is 24.3 Å². The summed E-state index contributed by atoms with van der Waals surface area (Å²) in [5, 5.41) is 8.39. The number of carboxylic acids is 1. The molecule has 1 aromatic rings. The van der Waals surface area contributed by atoms with Crippen molar-refractivity contribution in [1.82, 2.24) is 0 Å². The van der Waals surface area contributed by atoms with Crippen LogP contribution in [0.5, 0.6) is 0 Å². The Morgan fingerprint density at radius 1 is 1.33 bits per heavy atom. The second-order valence-electron chi connectivity index (χ2n) is 2.30. The van der Waals surface area contributed by atoms with Gasteiger partial charge in [-0.05, 0) is 5.56 Å². The van der Waals surface area contributed by atoms with Crippen molar-refractivity contribution < 1.29 is 9.90 Å². The molecule has 62 valence electrons. The molecule has 1 aromatic carbocycles. The average Bonchev–Trinajstić information content (AvgIpc) is 2.05. The fourth-order valence-corrected chi connectivity index (χ4v) is 0.847. The first-order valence-corrected chi connectivity index (χ1v) is 3.45. The number of carboxylic acid groups (broad SMARTS) is 1. The minimum Gasteiger partial charge on any atom is -0.478 e. The van der Waals surface area contributed by atoms with Gasteiger partial charge in [0, 0.05) is 11.8 Å². The predicted octanol–water partition coefficient (Wildman–Crippen LogP) is 1.07. The summed E-state index contributed by atoms with van der Waals surface area (Å²) in [6, 6.07) is 8.97. The van der Waals surface area contributed by atoms with Gasteiger partial charge in [-0.15, -0.1) is 0 Å². The fraction of sp³-hybridized carbons (Fsp3) is 0. The third kappa shape index (κ3) is 2.12. The predicted molar refractivity (Wildman–Crippen MR) is 46.2 cm³/mol. The van der Waals surface area contributed by atoms with Gasteiger partial charge >= 0.3 is 5.97 Å². The largest absolute Gasteiger partial charge is 0.478 e. The van der Waals surface area contributed by atoms with Crippen LogP contribution in [0.1, 0.15) is 5.56 Å². The molecule has 0 aromatic heterocycles. The molecule has 0 radical (unpaired) electrons. The van der Waals surface area contributed by atoms with Gasteiger partial charge in [0.1, 0.15) is 0 Å². The number of carbonyl (C=O) groups is 1. The molecule has 0 amide bonds. The van der Waals surface area contributed by atoms with E-state index < -0.39 is 5.97 Å². The molecule has 0 fully saturated rings. The first kappa shape index (κ1) is 8.33. The second-order valence-corrected chi connectivity index (χ2v) is 2.30. The van der Waals surface area contributed by atoms with Crippen molar-refractivity contribution in [3.63, 3.8) is 0 Å². The van der Waals surface area contributed by atoms with Crippen molar-refractivity contribution in [2.75, 3.05) is 0 Å². The Kier molecular flexibility index (Phi) is 2.48. The molecule has 0 saturated heterocycles. The molecule has 0 atom stereocenters. The number of hydrogen-bond acceptors (Lipinski definition) is 2. The van der Waals surface area contributed by atoms with Crippen molar-refractivity contribution >= 4 is 11.7 Å². The maximum absolute atomic E-state index is 10.2. The number of nitrogens with two attached hydrogens (primary N) is 1. The van der Waals surface area contributed by atoms with Crippen LogP contribution in [-0.4, -0.2) is 11.1 Å². The molecular formula is C9H9NO2. The summed E-state index contributed by atoms with van der Waals surface area (Å²) in [7, 11) is 0. The molecule has 0 saturated carbocycles. The van der Waals surface area contributed by atoms with E-state index in [1.807, 2.05) is 6.07 Å². The zero-order chi connectivity index (χ0) is 8.97. The van der Waals surface area contributed by atoms with Gasteiger partial charge in [-0.25, -0.2) is 4.79 Å². The van der Waals surface area contributed by atoms with E-state index in [0.717, 1.165) is 11.6 Å². The van der Waals surface area contributed by atoms with E-state index in [1.165, 1.54) is 0 Å². The van der Waals surface area contributed by atoms with E-state index in [9.17, 15) is 4.79 Å². The molecule has 0 aliphatic heterocycles. The lowest BCUT2D eigenvalue weighted by Crippen LogP contribution is -2.00. The first-order valence-electron chi connectivity index (χ1n) is 3.45. The monoisotopic (exact) mass is 163 g/mol. The highest BCUT2D eigenvalue weighted by molar-refractivity contribution is 5.89. The molecule has 0 heterocycles. The van der Waals surface area contributed by atoms with E-state index >= 15 is 0 Å². The van der Waals surface area contributed by atoms with Gasteiger partial charge in [0.15, 0.2) is 0 Å². The van der Waals surface area contributed by atoms with Gasteiger partial charge in [-0.1, -0.05) is 30.3 Å². The van der Waals surface area contributed by atoms with Gasteiger partial charge < -0.3 is 10.8 Å².